The molecule has 5 nitrogen and oxygen atoms in total. The molecule has 4 rings (SSSR count). The van der Waals surface area contributed by atoms with Crippen molar-refractivity contribution in [3.05, 3.63) is 24.2 Å². The summed E-state index contributed by atoms with van der Waals surface area (Å²) in [5.74, 6) is 2.12. The fraction of sp³-hybridized carbons (Fsp3) is 0.625. The van der Waals surface area contributed by atoms with Crippen molar-refractivity contribution in [1.29, 1.82) is 0 Å². The topological polar surface area (TPSA) is 49.2 Å². The molecule has 2 aliphatic heterocycles. The van der Waals surface area contributed by atoms with Crippen LogP contribution in [0.25, 0.3) is 11.2 Å². The zero-order valence-corrected chi connectivity index (χ0v) is 12.2. The molecule has 0 radical (unpaired) electrons. The molecule has 21 heavy (non-hydrogen) atoms. The second-order valence-corrected chi connectivity index (χ2v) is 6.07. The van der Waals surface area contributed by atoms with Gasteiger partial charge >= 0.3 is 0 Å². The largest absolute Gasteiger partial charge is 0.381 e. The van der Waals surface area contributed by atoms with E-state index in [0.29, 0.717) is 11.8 Å². The van der Waals surface area contributed by atoms with Crippen LogP contribution in [-0.2, 0) is 16.0 Å². The lowest BCUT2D eigenvalue weighted by molar-refractivity contribution is 0.0483. The molecule has 0 amide bonds. The summed E-state index contributed by atoms with van der Waals surface area (Å²) in [5.41, 5.74) is 2.00. The Morgan fingerprint density at radius 1 is 1.19 bits per heavy atom. The van der Waals surface area contributed by atoms with Gasteiger partial charge in [0.25, 0.3) is 0 Å². The number of imidazole rings is 1. The van der Waals surface area contributed by atoms with Crippen LogP contribution in [0.2, 0.25) is 0 Å². The van der Waals surface area contributed by atoms with Gasteiger partial charge in [-0.1, -0.05) is 0 Å². The molecule has 0 N–H and O–H groups in total. The monoisotopic (exact) mass is 287 g/mol. The molecule has 2 saturated heterocycles. The zero-order chi connectivity index (χ0) is 14.1. The van der Waals surface area contributed by atoms with Crippen molar-refractivity contribution < 1.29 is 9.47 Å². The van der Waals surface area contributed by atoms with Gasteiger partial charge in [0.1, 0.15) is 11.3 Å². The van der Waals surface area contributed by atoms with E-state index in [9.17, 15) is 0 Å². The molecule has 2 atom stereocenters. The van der Waals surface area contributed by atoms with E-state index in [1.165, 1.54) is 6.42 Å². The summed E-state index contributed by atoms with van der Waals surface area (Å²) >= 11 is 0. The van der Waals surface area contributed by atoms with Crippen molar-refractivity contribution >= 4 is 11.2 Å². The maximum Gasteiger partial charge on any atom is 0.160 e. The quantitative estimate of drug-likeness (QED) is 0.869. The predicted octanol–water partition coefficient (Wildman–Crippen LogP) is 2.36. The molecular weight excluding hydrogens is 266 g/mol. The smallest absolute Gasteiger partial charge is 0.160 e. The summed E-state index contributed by atoms with van der Waals surface area (Å²) in [4.78, 5) is 9.40. The van der Waals surface area contributed by atoms with Crippen molar-refractivity contribution in [3.8, 4) is 0 Å². The third kappa shape index (κ3) is 2.56. The maximum atomic E-state index is 5.63. The highest BCUT2D eigenvalue weighted by Gasteiger charge is 2.26. The molecule has 0 bridgehead atoms. The Labute approximate surface area is 124 Å². The van der Waals surface area contributed by atoms with Crippen molar-refractivity contribution in [2.24, 2.45) is 5.92 Å². The van der Waals surface area contributed by atoms with E-state index in [0.717, 1.165) is 62.8 Å². The Morgan fingerprint density at radius 3 is 2.95 bits per heavy atom. The highest BCUT2D eigenvalue weighted by atomic mass is 16.5. The van der Waals surface area contributed by atoms with Crippen LogP contribution in [0.1, 0.15) is 31.0 Å². The van der Waals surface area contributed by atoms with Crippen molar-refractivity contribution in [2.45, 2.75) is 31.7 Å². The van der Waals surface area contributed by atoms with E-state index in [-0.39, 0.29) is 0 Å². The SMILES string of the molecule is c1cnc2c(c1)nc(C1CCOC1)n2CC1CCCOC1. The Morgan fingerprint density at radius 2 is 2.14 bits per heavy atom. The zero-order valence-electron chi connectivity index (χ0n) is 12.2. The van der Waals surface area contributed by atoms with Crippen LogP contribution >= 0.6 is 0 Å². The second-order valence-electron chi connectivity index (χ2n) is 6.07. The van der Waals surface area contributed by atoms with Gasteiger partial charge in [0.15, 0.2) is 5.65 Å². The van der Waals surface area contributed by atoms with E-state index in [1.54, 1.807) is 0 Å². The number of fused-ring (bicyclic) bond motifs is 1. The summed E-state index contributed by atoms with van der Waals surface area (Å²) in [6, 6.07) is 4.01. The standard InChI is InChI=1S/C16H21N3O2/c1-4-14-16(17-6-1)19(9-12-3-2-7-20-10-12)15(18-14)13-5-8-21-11-13/h1,4,6,12-13H,2-3,5,7-11H2. The van der Waals surface area contributed by atoms with Gasteiger partial charge < -0.3 is 14.0 Å². The third-order valence-corrected chi connectivity index (χ3v) is 4.52. The fourth-order valence-corrected chi connectivity index (χ4v) is 3.42. The highest BCUT2D eigenvalue weighted by Crippen LogP contribution is 2.29. The number of nitrogens with zero attached hydrogens (tertiary/aromatic N) is 3. The van der Waals surface area contributed by atoms with Crippen LogP contribution < -0.4 is 0 Å². The Bertz CT molecular complexity index is 613. The molecule has 2 aliphatic rings. The van der Waals surface area contributed by atoms with Crippen LogP contribution in [0.15, 0.2) is 18.3 Å². The Balaban J connectivity index is 1.70. The van der Waals surface area contributed by atoms with E-state index in [2.05, 4.69) is 15.6 Å². The predicted molar refractivity (Wildman–Crippen MR) is 79.2 cm³/mol. The molecule has 4 heterocycles. The first kappa shape index (κ1) is 13.2. The van der Waals surface area contributed by atoms with Crippen molar-refractivity contribution in [1.82, 2.24) is 14.5 Å². The molecule has 5 heteroatoms. The maximum absolute atomic E-state index is 5.63. The van der Waals surface area contributed by atoms with Crippen molar-refractivity contribution in [3.63, 3.8) is 0 Å². The summed E-state index contributed by atoms with van der Waals surface area (Å²) < 4.78 is 13.5. The van der Waals surface area contributed by atoms with Gasteiger partial charge in [-0.25, -0.2) is 9.97 Å². The lowest BCUT2D eigenvalue weighted by atomic mass is 10.0. The minimum absolute atomic E-state index is 0.406. The number of ether oxygens (including phenoxy) is 2. The summed E-state index contributed by atoms with van der Waals surface area (Å²) in [6.07, 6.45) is 5.30. The van der Waals surface area contributed by atoms with Gasteiger partial charge in [-0.15, -0.1) is 0 Å². The van der Waals surface area contributed by atoms with Crippen LogP contribution in [-0.4, -0.2) is 41.0 Å². The first-order chi connectivity index (χ1) is 10.4. The van der Waals surface area contributed by atoms with Crippen LogP contribution in [0, 0.1) is 5.92 Å². The number of hydrogen-bond acceptors (Lipinski definition) is 4. The summed E-state index contributed by atoms with van der Waals surface area (Å²) in [6.45, 7) is 4.34. The highest BCUT2D eigenvalue weighted by molar-refractivity contribution is 5.71. The molecule has 2 aromatic rings. The number of hydrogen-bond donors (Lipinski definition) is 0. The molecule has 0 aliphatic carbocycles. The van der Waals surface area contributed by atoms with Crippen LogP contribution in [0.5, 0.6) is 0 Å². The lowest BCUT2D eigenvalue weighted by Gasteiger charge is -2.24. The van der Waals surface area contributed by atoms with Gasteiger partial charge in [0.2, 0.25) is 0 Å². The van der Waals surface area contributed by atoms with Crippen molar-refractivity contribution in [2.75, 3.05) is 26.4 Å². The number of aromatic nitrogens is 3. The molecule has 0 aromatic carbocycles. The van der Waals surface area contributed by atoms with E-state index in [4.69, 9.17) is 14.5 Å². The third-order valence-electron chi connectivity index (χ3n) is 4.52. The number of pyridine rings is 1. The van der Waals surface area contributed by atoms with E-state index < -0.39 is 0 Å². The van der Waals surface area contributed by atoms with Gasteiger partial charge in [0, 0.05) is 37.8 Å². The molecular formula is C16H21N3O2. The molecule has 2 unspecified atom stereocenters. The van der Waals surface area contributed by atoms with Crippen LogP contribution in [0.4, 0.5) is 0 Å². The average molecular weight is 287 g/mol. The summed E-state index contributed by atoms with van der Waals surface area (Å²) in [7, 11) is 0. The molecule has 2 fully saturated rings. The van der Waals surface area contributed by atoms with Crippen LogP contribution in [0.3, 0.4) is 0 Å². The molecule has 0 spiro atoms. The number of rotatable bonds is 3. The van der Waals surface area contributed by atoms with Gasteiger partial charge in [-0.3, -0.25) is 0 Å². The Hall–Kier alpha value is -1.46. The summed E-state index contributed by atoms with van der Waals surface area (Å²) in [5, 5.41) is 0. The first-order valence-corrected chi connectivity index (χ1v) is 7.88. The Kier molecular flexibility index (Phi) is 3.61. The minimum atomic E-state index is 0.406. The van der Waals surface area contributed by atoms with Gasteiger partial charge in [0.05, 0.1) is 13.2 Å². The lowest BCUT2D eigenvalue weighted by Crippen LogP contribution is -2.23. The normalized spacial score (nSPS) is 26.5. The molecule has 2 aromatic heterocycles. The van der Waals surface area contributed by atoms with E-state index >= 15 is 0 Å². The minimum Gasteiger partial charge on any atom is -0.381 e. The van der Waals surface area contributed by atoms with Gasteiger partial charge in [-0.2, -0.15) is 0 Å². The fourth-order valence-electron chi connectivity index (χ4n) is 3.42. The first-order valence-electron chi connectivity index (χ1n) is 7.88. The molecule has 0 saturated carbocycles. The van der Waals surface area contributed by atoms with Gasteiger partial charge in [-0.05, 0) is 31.4 Å². The molecule has 112 valence electrons. The van der Waals surface area contributed by atoms with E-state index in [1.807, 2.05) is 12.3 Å². The second kappa shape index (κ2) is 5.73. The average Bonchev–Trinajstić information content (AvgIpc) is 3.16.